The summed E-state index contributed by atoms with van der Waals surface area (Å²) < 4.78 is 13.9. The van der Waals surface area contributed by atoms with E-state index in [1.807, 2.05) is 26.0 Å². The van der Waals surface area contributed by atoms with Crippen molar-refractivity contribution in [3.05, 3.63) is 60.2 Å². The number of rotatable bonds is 7. The molecule has 7 heteroatoms. The molecule has 3 N–H and O–H groups in total. The number of nitrogens with one attached hydrogen (secondary N) is 2. The maximum Gasteiger partial charge on any atom is 0.225 e. The first kappa shape index (κ1) is 19.7. The molecule has 28 heavy (non-hydrogen) atoms. The third-order valence-electron chi connectivity index (χ3n) is 4.53. The van der Waals surface area contributed by atoms with Crippen LogP contribution in [0.5, 0.6) is 0 Å². The molecule has 0 fully saturated rings. The molecule has 146 valence electrons. The van der Waals surface area contributed by atoms with Crippen LogP contribution in [0.1, 0.15) is 19.4 Å². The van der Waals surface area contributed by atoms with Crippen molar-refractivity contribution in [2.75, 3.05) is 17.2 Å². The van der Waals surface area contributed by atoms with Crippen molar-refractivity contribution in [1.82, 2.24) is 15.0 Å². The van der Waals surface area contributed by atoms with Crippen LogP contribution < -0.4 is 10.6 Å². The van der Waals surface area contributed by atoms with Gasteiger partial charge in [0.25, 0.3) is 0 Å². The number of aliphatic hydroxyl groups is 1. The van der Waals surface area contributed by atoms with Gasteiger partial charge in [0.1, 0.15) is 11.6 Å². The first-order valence-electron chi connectivity index (χ1n) is 9.17. The van der Waals surface area contributed by atoms with Gasteiger partial charge in [0.15, 0.2) is 0 Å². The smallest absolute Gasteiger partial charge is 0.225 e. The third-order valence-corrected chi connectivity index (χ3v) is 4.53. The summed E-state index contributed by atoms with van der Waals surface area (Å²) in [6.07, 6.45) is 3.41. The fraction of sp³-hybridized carbons (Fsp3) is 0.286. The maximum atomic E-state index is 13.9. The monoisotopic (exact) mass is 381 g/mol. The molecule has 0 saturated heterocycles. The fourth-order valence-corrected chi connectivity index (χ4v) is 2.71. The van der Waals surface area contributed by atoms with Crippen molar-refractivity contribution < 1.29 is 9.50 Å². The van der Waals surface area contributed by atoms with Crippen molar-refractivity contribution in [2.45, 2.75) is 26.8 Å². The van der Waals surface area contributed by atoms with Gasteiger partial charge in [-0.1, -0.05) is 19.9 Å². The summed E-state index contributed by atoms with van der Waals surface area (Å²) in [6.45, 7) is 5.69. The number of nitrogens with zero attached hydrogens (tertiary/aromatic N) is 3. The van der Waals surface area contributed by atoms with Crippen LogP contribution in [-0.4, -0.2) is 32.7 Å². The van der Waals surface area contributed by atoms with E-state index in [9.17, 15) is 9.50 Å². The molecule has 3 rings (SSSR count). The summed E-state index contributed by atoms with van der Waals surface area (Å²) in [6, 6.07) is 10.2. The second-order valence-electron chi connectivity index (χ2n) is 6.92. The molecule has 1 aromatic carbocycles. The third kappa shape index (κ3) is 4.61. The van der Waals surface area contributed by atoms with Crippen molar-refractivity contribution in [2.24, 2.45) is 5.92 Å². The number of halogens is 1. The Labute approximate surface area is 163 Å². The first-order valence-corrected chi connectivity index (χ1v) is 9.17. The molecule has 0 aliphatic carbocycles. The highest BCUT2D eigenvalue weighted by Crippen LogP contribution is 2.26. The van der Waals surface area contributed by atoms with Gasteiger partial charge in [-0.15, -0.1) is 0 Å². The van der Waals surface area contributed by atoms with Gasteiger partial charge in [-0.2, -0.15) is 4.98 Å². The van der Waals surface area contributed by atoms with Gasteiger partial charge < -0.3 is 15.7 Å². The quantitative estimate of drug-likeness (QED) is 0.570. The Balaban J connectivity index is 2.00. The Bertz CT molecular complexity index is 933. The molecular weight excluding hydrogens is 357 g/mol. The zero-order valence-electron chi connectivity index (χ0n) is 16.1. The highest BCUT2D eigenvalue weighted by Gasteiger charge is 2.15. The zero-order valence-corrected chi connectivity index (χ0v) is 16.1. The highest BCUT2D eigenvalue weighted by molar-refractivity contribution is 5.68. The van der Waals surface area contributed by atoms with E-state index in [-0.39, 0.29) is 24.4 Å². The molecule has 0 amide bonds. The maximum absolute atomic E-state index is 13.9. The normalized spacial score (nSPS) is 12.1. The van der Waals surface area contributed by atoms with E-state index in [1.54, 1.807) is 37.5 Å². The van der Waals surface area contributed by atoms with E-state index in [2.05, 4.69) is 25.6 Å². The second kappa shape index (κ2) is 8.75. The lowest BCUT2D eigenvalue weighted by Gasteiger charge is -2.21. The molecule has 0 saturated carbocycles. The lowest BCUT2D eigenvalue weighted by Crippen LogP contribution is -2.30. The standard InChI is InChI=1S/C21H24FN5O/c1-13(2)19(12-28)26-21-25-18(15-6-5-9-23-11-15)10-20(27-21)24-17-8-4-7-16(22)14(17)3/h4-11,13,19,28H,12H2,1-3H3,(H2,24,25,26,27)/t19-/m0/s1. The minimum atomic E-state index is -0.287. The summed E-state index contributed by atoms with van der Waals surface area (Å²) in [5, 5.41) is 16.0. The summed E-state index contributed by atoms with van der Waals surface area (Å²) in [7, 11) is 0. The molecule has 2 heterocycles. The molecule has 1 atom stereocenters. The van der Waals surface area contributed by atoms with Crippen LogP contribution in [0.2, 0.25) is 0 Å². The van der Waals surface area contributed by atoms with Gasteiger partial charge in [0, 0.05) is 35.3 Å². The fourth-order valence-electron chi connectivity index (χ4n) is 2.71. The average Bonchev–Trinajstić information content (AvgIpc) is 2.70. The summed E-state index contributed by atoms with van der Waals surface area (Å²) in [5.41, 5.74) is 2.64. The summed E-state index contributed by atoms with van der Waals surface area (Å²) in [4.78, 5) is 13.2. The molecule has 0 radical (unpaired) electrons. The Morgan fingerprint density at radius 1 is 1.14 bits per heavy atom. The summed E-state index contributed by atoms with van der Waals surface area (Å²) >= 11 is 0. The van der Waals surface area contributed by atoms with E-state index < -0.39 is 0 Å². The van der Waals surface area contributed by atoms with Gasteiger partial charge in [-0.3, -0.25) is 4.98 Å². The van der Waals surface area contributed by atoms with Crippen molar-refractivity contribution >= 4 is 17.5 Å². The number of hydrogen-bond acceptors (Lipinski definition) is 6. The number of pyridine rings is 1. The zero-order chi connectivity index (χ0) is 20.1. The van der Waals surface area contributed by atoms with Gasteiger partial charge >= 0.3 is 0 Å². The van der Waals surface area contributed by atoms with Crippen LogP contribution in [0.15, 0.2) is 48.8 Å². The van der Waals surface area contributed by atoms with Crippen LogP contribution in [0.3, 0.4) is 0 Å². The Morgan fingerprint density at radius 3 is 2.64 bits per heavy atom. The van der Waals surface area contributed by atoms with E-state index in [4.69, 9.17) is 0 Å². The van der Waals surface area contributed by atoms with Gasteiger partial charge in [-0.25, -0.2) is 9.37 Å². The highest BCUT2D eigenvalue weighted by atomic mass is 19.1. The number of anilines is 3. The molecule has 3 aromatic rings. The molecule has 0 unspecified atom stereocenters. The number of hydrogen-bond donors (Lipinski definition) is 3. The Kier molecular flexibility index (Phi) is 6.16. The van der Waals surface area contributed by atoms with Gasteiger partial charge in [-0.05, 0) is 37.1 Å². The summed E-state index contributed by atoms with van der Waals surface area (Å²) in [5.74, 6) is 0.804. The molecule has 0 spiro atoms. The van der Waals surface area contributed by atoms with Crippen LogP contribution in [0.4, 0.5) is 21.8 Å². The SMILES string of the molecule is Cc1c(F)cccc1Nc1cc(-c2cccnc2)nc(N[C@@H](CO)C(C)C)n1. The Morgan fingerprint density at radius 2 is 1.96 bits per heavy atom. The van der Waals surface area contributed by atoms with Crippen LogP contribution in [0, 0.1) is 18.7 Å². The Hall–Kier alpha value is -3.06. The van der Waals surface area contributed by atoms with Gasteiger partial charge in [0.2, 0.25) is 5.95 Å². The molecule has 0 bridgehead atoms. The van der Waals surface area contributed by atoms with E-state index in [1.165, 1.54) is 6.07 Å². The van der Waals surface area contributed by atoms with Crippen molar-refractivity contribution in [1.29, 1.82) is 0 Å². The van der Waals surface area contributed by atoms with Gasteiger partial charge in [0.05, 0.1) is 18.3 Å². The lowest BCUT2D eigenvalue weighted by molar-refractivity contribution is 0.248. The van der Waals surface area contributed by atoms with Crippen LogP contribution in [0.25, 0.3) is 11.3 Å². The molecule has 0 aliphatic heterocycles. The number of aliphatic hydroxyl groups excluding tert-OH is 1. The van der Waals surface area contributed by atoms with Crippen molar-refractivity contribution in [3.8, 4) is 11.3 Å². The van der Waals surface area contributed by atoms with Crippen LogP contribution in [-0.2, 0) is 0 Å². The predicted molar refractivity (Wildman–Crippen MR) is 109 cm³/mol. The van der Waals surface area contributed by atoms with E-state index >= 15 is 0 Å². The number of benzene rings is 1. The predicted octanol–water partition coefficient (Wildman–Crippen LogP) is 4.16. The van der Waals surface area contributed by atoms with E-state index in [0.717, 1.165) is 5.56 Å². The minimum Gasteiger partial charge on any atom is -0.394 e. The molecular formula is C21H24FN5O. The lowest BCUT2D eigenvalue weighted by atomic mass is 10.1. The molecule has 0 aliphatic rings. The number of aromatic nitrogens is 3. The molecule has 6 nitrogen and oxygen atoms in total. The second-order valence-corrected chi connectivity index (χ2v) is 6.92. The molecule has 2 aromatic heterocycles. The van der Waals surface area contributed by atoms with E-state index in [0.29, 0.717) is 28.7 Å². The topological polar surface area (TPSA) is 83.0 Å². The van der Waals surface area contributed by atoms with Crippen LogP contribution >= 0.6 is 0 Å². The average molecular weight is 381 g/mol. The first-order chi connectivity index (χ1) is 13.5. The largest absolute Gasteiger partial charge is 0.394 e. The van der Waals surface area contributed by atoms with Crippen molar-refractivity contribution in [3.63, 3.8) is 0 Å². The minimum absolute atomic E-state index is 0.0378.